The SMILES string of the molecule is C[C@@H]1C[C@H](C)CN(S(=O)(=O)c2ccc(C(=O)N(C)c3ccccc3)cc2)C1. The summed E-state index contributed by atoms with van der Waals surface area (Å²) in [4.78, 5) is 14.5. The van der Waals surface area contributed by atoms with Crippen molar-refractivity contribution in [2.24, 2.45) is 11.8 Å². The van der Waals surface area contributed by atoms with Crippen molar-refractivity contribution in [2.75, 3.05) is 25.0 Å². The van der Waals surface area contributed by atoms with Crippen LogP contribution < -0.4 is 4.90 Å². The molecule has 1 amide bonds. The van der Waals surface area contributed by atoms with E-state index in [4.69, 9.17) is 0 Å². The number of nitrogens with zero attached hydrogens (tertiary/aromatic N) is 2. The van der Waals surface area contributed by atoms with Crippen LogP contribution in [0.1, 0.15) is 30.6 Å². The number of hydrogen-bond donors (Lipinski definition) is 0. The highest BCUT2D eigenvalue weighted by atomic mass is 32.2. The highest BCUT2D eigenvalue weighted by Gasteiger charge is 2.31. The lowest BCUT2D eigenvalue weighted by Gasteiger charge is -2.34. The van der Waals surface area contributed by atoms with E-state index >= 15 is 0 Å². The fourth-order valence-corrected chi connectivity index (χ4v) is 5.36. The minimum Gasteiger partial charge on any atom is -0.311 e. The Morgan fingerprint density at radius 2 is 1.52 bits per heavy atom. The van der Waals surface area contributed by atoms with Gasteiger partial charge in [-0.25, -0.2) is 8.42 Å². The zero-order valence-corrected chi connectivity index (χ0v) is 16.8. The van der Waals surface area contributed by atoms with Crippen molar-refractivity contribution >= 4 is 21.6 Å². The van der Waals surface area contributed by atoms with Crippen molar-refractivity contribution in [1.29, 1.82) is 0 Å². The normalized spacial score (nSPS) is 21.0. The number of benzene rings is 2. The Morgan fingerprint density at radius 3 is 2.07 bits per heavy atom. The lowest BCUT2D eigenvalue weighted by Crippen LogP contribution is -2.42. The molecule has 1 aliphatic rings. The van der Waals surface area contributed by atoms with Crippen LogP contribution in [0.5, 0.6) is 0 Å². The van der Waals surface area contributed by atoms with Gasteiger partial charge in [-0.2, -0.15) is 4.31 Å². The van der Waals surface area contributed by atoms with Gasteiger partial charge in [0.15, 0.2) is 0 Å². The first-order valence-corrected chi connectivity index (χ1v) is 10.7. The van der Waals surface area contributed by atoms with E-state index in [0.717, 1.165) is 12.1 Å². The predicted octanol–water partition coefficient (Wildman–Crippen LogP) is 3.63. The molecule has 1 heterocycles. The molecule has 0 radical (unpaired) electrons. The molecule has 6 heteroatoms. The van der Waals surface area contributed by atoms with Crippen LogP contribution in [0, 0.1) is 11.8 Å². The van der Waals surface area contributed by atoms with Gasteiger partial charge in [0.1, 0.15) is 0 Å². The molecule has 2 aromatic rings. The Balaban J connectivity index is 1.79. The molecule has 0 bridgehead atoms. The van der Waals surface area contributed by atoms with Gasteiger partial charge in [0, 0.05) is 31.4 Å². The minimum atomic E-state index is -3.53. The van der Waals surface area contributed by atoms with Crippen molar-refractivity contribution in [3.63, 3.8) is 0 Å². The van der Waals surface area contributed by atoms with E-state index in [0.29, 0.717) is 30.5 Å². The maximum Gasteiger partial charge on any atom is 0.258 e. The van der Waals surface area contributed by atoms with Gasteiger partial charge in [0.2, 0.25) is 10.0 Å². The van der Waals surface area contributed by atoms with Crippen LogP contribution >= 0.6 is 0 Å². The van der Waals surface area contributed by atoms with E-state index in [1.165, 1.54) is 12.1 Å². The predicted molar refractivity (Wildman–Crippen MR) is 107 cm³/mol. The smallest absolute Gasteiger partial charge is 0.258 e. The third kappa shape index (κ3) is 4.22. The van der Waals surface area contributed by atoms with Crippen molar-refractivity contribution in [2.45, 2.75) is 25.2 Å². The molecule has 2 aromatic carbocycles. The monoisotopic (exact) mass is 386 g/mol. The summed E-state index contributed by atoms with van der Waals surface area (Å²) in [5.41, 5.74) is 1.25. The number of carbonyl (C=O) groups excluding carboxylic acids is 1. The zero-order valence-electron chi connectivity index (χ0n) is 16.0. The first-order valence-electron chi connectivity index (χ1n) is 9.22. The average molecular weight is 387 g/mol. The van der Waals surface area contributed by atoms with E-state index in [1.54, 1.807) is 28.4 Å². The minimum absolute atomic E-state index is 0.176. The summed E-state index contributed by atoms with van der Waals surface area (Å²) >= 11 is 0. The van der Waals surface area contributed by atoms with Crippen molar-refractivity contribution in [3.8, 4) is 0 Å². The van der Waals surface area contributed by atoms with Gasteiger partial charge in [-0.15, -0.1) is 0 Å². The van der Waals surface area contributed by atoms with Crippen LogP contribution in [0.2, 0.25) is 0 Å². The number of hydrogen-bond acceptors (Lipinski definition) is 3. The molecule has 1 aliphatic heterocycles. The number of anilines is 1. The lowest BCUT2D eigenvalue weighted by molar-refractivity contribution is 0.0993. The maximum atomic E-state index is 12.9. The number of carbonyl (C=O) groups is 1. The van der Waals surface area contributed by atoms with Gasteiger partial charge < -0.3 is 4.90 Å². The first-order chi connectivity index (χ1) is 12.8. The molecule has 5 nitrogen and oxygen atoms in total. The number of para-hydroxylation sites is 1. The summed E-state index contributed by atoms with van der Waals surface area (Å²) in [6.07, 6.45) is 1.05. The fraction of sp³-hybridized carbons (Fsp3) is 0.381. The highest BCUT2D eigenvalue weighted by Crippen LogP contribution is 2.27. The third-order valence-electron chi connectivity index (χ3n) is 5.02. The second kappa shape index (κ2) is 7.82. The van der Waals surface area contributed by atoms with E-state index in [1.807, 2.05) is 30.3 Å². The molecule has 144 valence electrons. The van der Waals surface area contributed by atoms with E-state index in [-0.39, 0.29) is 10.8 Å². The number of sulfonamides is 1. The maximum absolute atomic E-state index is 12.9. The van der Waals surface area contributed by atoms with Crippen molar-refractivity contribution in [1.82, 2.24) is 4.31 Å². The zero-order chi connectivity index (χ0) is 19.6. The fourth-order valence-electron chi connectivity index (χ4n) is 3.68. The molecule has 0 aliphatic carbocycles. The molecular weight excluding hydrogens is 360 g/mol. The van der Waals surface area contributed by atoms with Gasteiger partial charge in [-0.3, -0.25) is 4.79 Å². The molecule has 0 unspecified atom stereocenters. The summed E-state index contributed by atoms with van der Waals surface area (Å²) in [5, 5.41) is 0. The van der Waals surface area contributed by atoms with Crippen LogP contribution in [0.3, 0.4) is 0 Å². The molecule has 0 spiro atoms. The molecule has 0 saturated carbocycles. The molecule has 1 fully saturated rings. The van der Waals surface area contributed by atoms with E-state index < -0.39 is 10.0 Å². The lowest BCUT2D eigenvalue weighted by atomic mass is 9.94. The highest BCUT2D eigenvalue weighted by molar-refractivity contribution is 7.89. The number of piperidine rings is 1. The third-order valence-corrected chi connectivity index (χ3v) is 6.87. The quantitative estimate of drug-likeness (QED) is 0.806. The van der Waals surface area contributed by atoms with E-state index in [2.05, 4.69) is 13.8 Å². The summed E-state index contributed by atoms with van der Waals surface area (Å²) < 4.78 is 27.5. The summed E-state index contributed by atoms with van der Waals surface area (Å²) in [5.74, 6) is 0.526. The van der Waals surface area contributed by atoms with Crippen LogP contribution in [0.4, 0.5) is 5.69 Å². The standard InChI is InChI=1S/C21H26N2O3S/c1-16-13-17(2)15-23(14-16)27(25,26)20-11-9-18(10-12-20)21(24)22(3)19-7-5-4-6-8-19/h4-12,16-17H,13-15H2,1-3H3/t16-,17+. The number of amides is 1. The molecule has 2 atom stereocenters. The second-order valence-corrected chi connectivity index (χ2v) is 9.43. The van der Waals surface area contributed by atoms with Crippen LogP contribution in [0.25, 0.3) is 0 Å². The van der Waals surface area contributed by atoms with Crippen molar-refractivity contribution in [3.05, 3.63) is 60.2 Å². The summed E-state index contributed by atoms with van der Waals surface area (Å²) in [7, 11) is -1.83. The molecule has 0 N–H and O–H groups in total. The van der Waals surface area contributed by atoms with Crippen LogP contribution in [-0.4, -0.2) is 38.8 Å². The van der Waals surface area contributed by atoms with Gasteiger partial charge in [0.25, 0.3) is 5.91 Å². The second-order valence-electron chi connectivity index (χ2n) is 7.49. The Bertz CT molecular complexity index is 885. The first kappa shape index (κ1) is 19.6. The number of rotatable bonds is 4. The Morgan fingerprint density at radius 1 is 0.963 bits per heavy atom. The average Bonchev–Trinajstić information content (AvgIpc) is 2.67. The molecule has 27 heavy (non-hydrogen) atoms. The van der Waals surface area contributed by atoms with Gasteiger partial charge in [0.05, 0.1) is 4.90 Å². The summed E-state index contributed by atoms with van der Waals surface area (Å²) in [6, 6.07) is 15.6. The largest absolute Gasteiger partial charge is 0.311 e. The molecule has 3 rings (SSSR count). The summed E-state index contributed by atoms with van der Waals surface area (Å²) in [6.45, 7) is 5.26. The van der Waals surface area contributed by atoms with Gasteiger partial charge in [-0.1, -0.05) is 32.0 Å². The Kier molecular flexibility index (Phi) is 5.67. The van der Waals surface area contributed by atoms with Gasteiger partial charge >= 0.3 is 0 Å². The molecule has 0 aromatic heterocycles. The van der Waals surface area contributed by atoms with Gasteiger partial charge in [-0.05, 0) is 54.7 Å². The Hall–Kier alpha value is -2.18. The van der Waals surface area contributed by atoms with Crippen molar-refractivity contribution < 1.29 is 13.2 Å². The Labute approximate surface area is 161 Å². The topological polar surface area (TPSA) is 57.7 Å². The van der Waals surface area contributed by atoms with Crippen LogP contribution in [0.15, 0.2) is 59.5 Å². The molecular formula is C21H26N2O3S. The van der Waals surface area contributed by atoms with Crippen LogP contribution in [-0.2, 0) is 10.0 Å². The van der Waals surface area contributed by atoms with E-state index in [9.17, 15) is 13.2 Å². The molecule has 1 saturated heterocycles.